The van der Waals surface area contributed by atoms with E-state index in [9.17, 15) is 4.79 Å². The lowest BCUT2D eigenvalue weighted by atomic mass is 10.2. The number of amides is 1. The van der Waals surface area contributed by atoms with Crippen molar-refractivity contribution in [3.05, 3.63) is 29.8 Å². The molecular weight excluding hydrogens is 266 g/mol. The van der Waals surface area contributed by atoms with Crippen molar-refractivity contribution < 1.29 is 9.53 Å². The Bertz CT molecular complexity index is 439. The molecule has 0 saturated carbocycles. The molecule has 5 heteroatoms. The maximum atomic E-state index is 11.9. The molecule has 1 aliphatic rings. The van der Waals surface area contributed by atoms with Crippen molar-refractivity contribution in [2.24, 2.45) is 0 Å². The lowest BCUT2D eigenvalue weighted by Crippen LogP contribution is -2.45. The normalized spacial score (nSPS) is 16.7. The number of rotatable bonds is 6. The van der Waals surface area contributed by atoms with Crippen LogP contribution in [-0.2, 0) is 11.3 Å². The van der Waals surface area contributed by atoms with Crippen LogP contribution in [0.4, 0.5) is 0 Å². The number of piperazine rings is 1. The quantitative estimate of drug-likeness (QED) is 0.847. The highest BCUT2D eigenvalue weighted by atomic mass is 16.5. The van der Waals surface area contributed by atoms with E-state index in [2.05, 4.69) is 22.2 Å². The molecule has 1 aromatic carbocycles. The van der Waals surface area contributed by atoms with Crippen molar-refractivity contribution in [1.82, 2.24) is 15.1 Å². The second-order valence-corrected chi connectivity index (χ2v) is 5.52. The van der Waals surface area contributed by atoms with E-state index in [-0.39, 0.29) is 5.91 Å². The zero-order valence-electron chi connectivity index (χ0n) is 13.0. The van der Waals surface area contributed by atoms with E-state index in [0.29, 0.717) is 13.0 Å². The van der Waals surface area contributed by atoms with Crippen molar-refractivity contribution in [2.45, 2.75) is 13.0 Å². The van der Waals surface area contributed by atoms with Crippen molar-refractivity contribution >= 4 is 5.91 Å². The van der Waals surface area contributed by atoms with Gasteiger partial charge >= 0.3 is 0 Å². The highest BCUT2D eigenvalue weighted by Crippen LogP contribution is 2.11. The Labute approximate surface area is 126 Å². The smallest absolute Gasteiger partial charge is 0.221 e. The predicted molar refractivity (Wildman–Crippen MR) is 83.4 cm³/mol. The second kappa shape index (κ2) is 8.00. The number of hydrogen-bond acceptors (Lipinski definition) is 4. The number of carbonyl (C=O) groups excluding carboxylic acids is 1. The van der Waals surface area contributed by atoms with Gasteiger partial charge in [0, 0.05) is 45.7 Å². The molecule has 1 aliphatic heterocycles. The molecule has 0 radical (unpaired) electrons. The molecule has 0 spiro atoms. The molecule has 1 fully saturated rings. The van der Waals surface area contributed by atoms with Gasteiger partial charge in [-0.3, -0.25) is 4.79 Å². The first-order valence-corrected chi connectivity index (χ1v) is 7.48. The molecule has 0 bridgehead atoms. The third kappa shape index (κ3) is 5.36. The van der Waals surface area contributed by atoms with Crippen molar-refractivity contribution in [3.8, 4) is 5.75 Å². The van der Waals surface area contributed by atoms with Gasteiger partial charge in [0.25, 0.3) is 0 Å². The Morgan fingerprint density at radius 2 is 1.86 bits per heavy atom. The zero-order chi connectivity index (χ0) is 15.1. The number of likely N-dealkylation sites (N-methyl/N-ethyl adjacent to an activating group) is 1. The SMILES string of the molecule is COc1ccc(CNC(=O)CCN2CCN(C)CC2)cc1. The van der Waals surface area contributed by atoms with Crippen molar-refractivity contribution in [2.75, 3.05) is 46.9 Å². The summed E-state index contributed by atoms with van der Waals surface area (Å²) in [7, 11) is 3.79. The Hall–Kier alpha value is -1.59. The van der Waals surface area contributed by atoms with Gasteiger partial charge in [-0.2, -0.15) is 0 Å². The monoisotopic (exact) mass is 291 g/mol. The van der Waals surface area contributed by atoms with E-state index < -0.39 is 0 Å². The van der Waals surface area contributed by atoms with Crippen LogP contribution in [0.3, 0.4) is 0 Å². The summed E-state index contributed by atoms with van der Waals surface area (Å²) < 4.78 is 5.11. The molecular formula is C16H25N3O2. The largest absolute Gasteiger partial charge is 0.497 e. The van der Waals surface area contributed by atoms with E-state index in [1.165, 1.54) is 0 Å². The summed E-state index contributed by atoms with van der Waals surface area (Å²) in [6.45, 7) is 5.72. The number of benzene rings is 1. The van der Waals surface area contributed by atoms with Crippen molar-refractivity contribution in [1.29, 1.82) is 0 Å². The molecule has 5 nitrogen and oxygen atoms in total. The van der Waals surface area contributed by atoms with Crippen LogP contribution < -0.4 is 10.1 Å². The number of carbonyl (C=O) groups is 1. The lowest BCUT2D eigenvalue weighted by molar-refractivity contribution is -0.121. The van der Waals surface area contributed by atoms with Gasteiger partial charge in [-0.1, -0.05) is 12.1 Å². The number of nitrogens with zero attached hydrogens (tertiary/aromatic N) is 2. The molecule has 1 N–H and O–H groups in total. The Morgan fingerprint density at radius 1 is 1.19 bits per heavy atom. The maximum absolute atomic E-state index is 11.9. The van der Waals surface area contributed by atoms with Crippen LogP contribution in [0.1, 0.15) is 12.0 Å². The average Bonchev–Trinajstić information content (AvgIpc) is 2.53. The Kier molecular flexibility index (Phi) is 6.02. The number of nitrogens with one attached hydrogen (secondary N) is 1. The molecule has 1 aromatic rings. The van der Waals surface area contributed by atoms with E-state index in [0.717, 1.165) is 44.0 Å². The maximum Gasteiger partial charge on any atom is 0.221 e. The van der Waals surface area contributed by atoms with Crippen molar-refractivity contribution in [3.63, 3.8) is 0 Å². The molecule has 1 saturated heterocycles. The van der Waals surface area contributed by atoms with Gasteiger partial charge in [0.05, 0.1) is 7.11 Å². The van der Waals surface area contributed by atoms with Gasteiger partial charge in [-0.15, -0.1) is 0 Å². The summed E-state index contributed by atoms with van der Waals surface area (Å²) in [5.41, 5.74) is 1.09. The van der Waals surface area contributed by atoms with Gasteiger partial charge < -0.3 is 19.9 Å². The minimum absolute atomic E-state index is 0.116. The topological polar surface area (TPSA) is 44.8 Å². The molecule has 0 aromatic heterocycles. The van der Waals surface area contributed by atoms with Crippen LogP contribution in [0.15, 0.2) is 24.3 Å². The summed E-state index contributed by atoms with van der Waals surface area (Å²) in [5, 5.41) is 2.97. The van der Waals surface area contributed by atoms with E-state index in [1.807, 2.05) is 24.3 Å². The summed E-state index contributed by atoms with van der Waals surface area (Å²) in [5.74, 6) is 0.949. The van der Waals surface area contributed by atoms with Crippen LogP contribution in [0.25, 0.3) is 0 Å². The third-order valence-corrected chi connectivity index (χ3v) is 3.90. The average molecular weight is 291 g/mol. The molecule has 21 heavy (non-hydrogen) atoms. The molecule has 1 heterocycles. The van der Waals surface area contributed by atoms with E-state index >= 15 is 0 Å². The van der Waals surface area contributed by atoms with Crippen LogP contribution >= 0.6 is 0 Å². The summed E-state index contributed by atoms with van der Waals surface area (Å²) in [6, 6.07) is 7.76. The lowest BCUT2D eigenvalue weighted by Gasteiger charge is -2.32. The van der Waals surface area contributed by atoms with Gasteiger partial charge in [0.2, 0.25) is 5.91 Å². The van der Waals surface area contributed by atoms with Crippen LogP contribution in [-0.4, -0.2) is 62.6 Å². The van der Waals surface area contributed by atoms with Gasteiger partial charge in [-0.05, 0) is 24.7 Å². The van der Waals surface area contributed by atoms with Gasteiger partial charge in [0.1, 0.15) is 5.75 Å². The van der Waals surface area contributed by atoms with Crippen LogP contribution in [0.5, 0.6) is 5.75 Å². The number of methoxy groups -OCH3 is 1. The van der Waals surface area contributed by atoms with Crippen LogP contribution in [0.2, 0.25) is 0 Å². The summed E-state index contributed by atoms with van der Waals surface area (Å²) >= 11 is 0. The minimum atomic E-state index is 0.116. The van der Waals surface area contributed by atoms with E-state index in [4.69, 9.17) is 4.74 Å². The second-order valence-electron chi connectivity index (χ2n) is 5.52. The standard InChI is InChI=1S/C16H25N3O2/c1-18-9-11-19(12-10-18)8-7-16(20)17-13-14-3-5-15(21-2)6-4-14/h3-6H,7-13H2,1-2H3,(H,17,20). The van der Waals surface area contributed by atoms with Crippen LogP contribution in [0, 0.1) is 0 Å². The Morgan fingerprint density at radius 3 is 2.48 bits per heavy atom. The highest BCUT2D eigenvalue weighted by Gasteiger charge is 2.14. The summed E-state index contributed by atoms with van der Waals surface area (Å²) in [4.78, 5) is 16.5. The number of hydrogen-bond donors (Lipinski definition) is 1. The van der Waals surface area contributed by atoms with E-state index in [1.54, 1.807) is 7.11 Å². The first-order valence-electron chi connectivity index (χ1n) is 7.48. The minimum Gasteiger partial charge on any atom is -0.497 e. The fourth-order valence-corrected chi connectivity index (χ4v) is 2.36. The molecule has 116 valence electrons. The fourth-order valence-electron chi connectivity index (χ4n) is 2.36. The molecule has 2 rings (SSSR count). The fraction of sp³-hybridized carbons (Fsp3) is 0.562. The van der Waals surface area contributed by atoms with Gasteiger partial charge in [-0.25, -0.2) is 0 Å². The molecule has 0 aliphatic carbocycles. The first kappa shape index (κ1) is 15.8. The molecule has 1 amide bonds. The Balaban J connectivity index is 1.65. The first-order chi connectivity index (χ1) is 10.2. The number of ether oxygens (including phenoxy) is 1. The third-order valence-electron chi connectivity index (χ3n) is 3.90. The summed E-state index contributed by atoms with van der Waals surface area (Å²) in [6.07, 6.45) is 0.569. The van der Waals surface area contributed by atoms with Gasteiger partial charge in [0.15, 0.2) is 0 Å². The highest BCUT2D eigenvalue weighted by molar-refractivity contribution is 5.76. The molecule has 0 atom stereocenters. The zero-order valence-corrected chi connectivity index (χ0v) is 13.0. The molecule has 0 unspecified atom stereocenters. The predicted octanol–water partition coefficient (Wildman–Crippen LogP) is 0.949.